The van der Waals surface area contributed by atoms with Crippen molar-refractivity contribution in [2.75, 3.05) is 12.0 Å². The summed E-state index contributed by atoms with van der Waals surface area (Å²) in [5.74, 6) is -1.61. The van der Waals surface area contributed by atoms with Gasteiger partial charge in [-0.05, 0) is 42.0 Å². The largest absolute Gasteiger partial charge is 0.394 e. The fourth-order valence-electron chi connectivity index (χ4n) is 2.72. The highest BCUT2D eigenvalue weighted by Gasteiger charge is 2.33. The first kappa shape index (κ1) is 21.2. The number of nitrogens with one attached hydrogen (secondary N) is 1. The third-order valence-corrected chi connectivity index (χ3v) is 6.15. The number of sulfonamides is 1. The van der Waals surface area contributed by atoms with Gasteiger partial charge in [-0.1, -0.05) is 41.9 Å². The minimum absolute atomic E-state index is 0.138. The van der Waals surface area contributed by atoms with Gasteiger partial charge in [-0.3, -0.25) is 0 Å². The van der Waals surface area contributed by atoms with Gasteiger partial charge in [0.25, 0.3) is 10.0 Å². The lowest BCUT2D eigenvalue weighted by Crippen LogP contribution is -2.41. The molecular weight excluding hydrogens is 422 g/mol. The molecule has 0 spiro atoms. The maximum Gasteiger partial charge on any atom is 0.260 e. The van der Waals surface area contributed by atoms with E-state index in [-0.39, 0.29) is 4.90 Å². The molecule has 0 fully saturated rings. The van der Waals surface area contributed by atoms with E-state index in [1.165, 1.54) is 24.3 Å². The third-order valence-electron chi connectivity index (χ3n) is 4.17. The standard InChI is InChI=1S/C20H17ClF2N2O3S/c21-15-6-9-17(10-7-15)29(27,28)25(20(13-26)14-4-2-1-3-5-14)24-19-12-16(22)8-11-18(19)23/h1-12,20,24,26H,13H2/t20-/m1/s1. The summed E-state index contributed by atoms with van der Waals surface area (Å²) in [5.41, 5.74) is 2.49. The minimum atomic E-state index is -4.29. The van der Waals surface area contributed by atoms with Gasteiger partial charge in [0.2, 0.25) is 0 Å². The van der Waals surface area contributed by atoms with Crippen molar-refractivity contribution in [1.29, 1.82) is 0 Å². The zero-order valence-corrected chi connectivity index (χ0v) is 16.5. The molecule has 0 aliphatic carbocycles. The van der Waals surface area contributed by atoms with Crippen LogP contribution in [0, 0.1) is 11.6 Å². The Labute approximate surface area is 172 Å². The van der Waals surface area contributed by atoms with Gasteiger partial charge >= 0.3 is 0 Å². The number of nitrogens with zero attached hydrogens (tertiary/aromatic N) is 1. The summed E-state index contributed by atoms with van der Waals surface area (Å²) in [6.07, 6.45) is 0. The number of halogens is 3. The fourth-order valence-corrected chi connectivity index (χ4v) is 4.29. The van der Waals surface area contributed by atoms with Gasteiger partial charge in [0.1, 0.15) is 11.6 Å². The second-order valence-corrected chi connectivity index (χ2v) is 8.35. The molecule has 0 unspecified atom stereocenters. The molecule has 0 amide bonds. The van der Waals surface area contributed by atoms with E-state index >= 15 is 0 Å². The highest BCUT2D eigenvalue weighted by molar-refractivity contribution is 7.89. The van der Waals surface area contributed by atoms with Crippen LogP contribution in [0.1, 0.15) is 11.6 Å². The summed E-state index contributed by atoms with van der Waals surface area (Å²) in [6.45, 7) is -0.610. The van der Waals surface area contributed by atoms with Crippen molar-refractivity contribution in [1.82, 2.24) is 4.41 Å². The van der Waals surface area contributed by atoms with E-state index in [0.717, 1.165) is 18.2 Å². The molecule has 0 aliphatic heterocycles. The van der Waals surface area contributed by atoms with Crippen LogP contribution < -0.4 is 5.43 Å². The molecule has 0 saturated carbocycles. The molecule has 0 bridgehead atoms. The van der Waals surface area contributed by atoms with Crippen LogP contribution in [-0.2, 0) is 10.0 Å². The Morgan fingerprint density at radius 2 is 1.66 bits per heavy atom. The van der Waals surface area contributed by atoms with Gasteiger partial charge in [0.15, 0.2) is 0 Å². The summed E-state index contributed by atoms with van der Waals surface area (Å²) < 4.78 is 55.2. The Hall–Kier alpha value is -2.52. The Balaban J connectivity index is 2.12. The van der Waals surface area contributed by atoms with Crippen LogP contribution in [0.5, 0.6) is 0 Å². The van der Waals surface area contributed by atoms with Crippen molar-refractivity contribution in [2.24, 2.45) is 0 Å². The second-order valence-electron chi connectivity index (χ2n) is 6.10. The van der Waals surface area contributed by atoms with Crippen molar-refractivity contribution in [2.45, 2.75) is 10.9 Å². The average Bonchev–Trinajstić information content (AvgIpc) is 2.71. The van der Waals surface area contributed by atoms with E-state index in [9.17, 15) is 22.3 Å². The molecule has 3 rings (SSSR count). The molecule has 152 valence electrons. The summed E-state index contributed by atoms with van der Waals surface area (Å²) in [7, 11) is -4.29. The van der Waals surface area contributed by atoms with E-state index < -0.39 is 40.0 Å². The summed E-state index contributed by atoms with van der Waals surface area (Å²) >= 11 is 5.84. The van der Waals surface area contributed by atoms with Gasteiger partial charge in [-0.25, -0.2) is 17.2 Å². The molecular formula is C20H17ClF2N2O3S. The summed E-state index contributed by atoms with van der Waals surface area (Å²) in [6, 6.07) is 15.2. The number of hydrazine groups is 1. The molecule has 5 nitrogen and oxygen atoms in total. The second kappa shape index (κ2) is 8.87. The number of aliphatic hydroxyl groups excluding tert-OH is 1. The Morgan fingerprint density at radius 3 is 2.28 bits per heavy atom. The number of hydrogen-bond donors (Lipinski definition) is 2. The third kappa shape index (κ3) is 4.73. The van der Waals surface area contributed by atoms with Gasteiger partial charge < -0.3 is 10.5 Å². The molecule has 0 saturated heterocycles. The van der Waals surface area contributed by atoms with E-state index in [2.05, 4.69) is 5.43 Å². The number of benzene rings is 3. The molecule has 2 N–H and O–H groups in total. The van der Waals surface area contributed by atoms with E-state index in [4.69, 9.17) is 11.6 Å². The predicted molar refractivity (Wildman–Crippen MR) is 107 cm³/mol. The Bertz CT molecular complexity index is 1080. The zero-order chi connectivity index (χ0) is 21.0. The molecule has 0 aliphatic rings. The molecule has 1 atom stereocenters. The topological polar surface area (TPSA) is 69.6 Å². The number of aliphatic hydroxyl groups is 1. The highest BCUT2D eigenvalue weighted by Crippen LogP contribution is 2.30. The molecule has 29 heavy (non-hydrogen) atoms. The monoisotopic (exact) mass is 438 g/mol. The van der Waals surface area contributed by atoms with Gasteiger partial charge in [0.05, 0.1) is 23.2 Å². The van der Waals surface area contributed by atoms with Crippen LogP contribution >= 0.6 is 11.6 Å². The predicted octanol–water partition coefficient (Wildman–Crippen LogP) is 4.37. The van der Waals surface area contributed by atoms with Gasteiger partial charge in [0, 0.05) is 11.1 Å². The SMILES string of the molecule is O=S(=O)(c1ccc(Cl)cc1)N(Nc1cc(F)ccc1F)[C@H](CO)c1ccccc1. The van der Waals surface area contributed by atoms with Crippen molar-refractivity contribution in [3.8, 4) is 0 Å². The van der Waals surface area contributed by atoms with Crippen LogP contribution in [-0.4, -0.2) is 24.5 Å². The number of rotatable bonds is 7. The first-order valence-corrected chi connectivity index (χ1v) is 10.3. The van der Waals surface area contributed by atoms with Crippen molar-refractivity contribution >= 4 is 27.3 Å². The smallest absolute Gasteiger partial charge is 0.260 e. The number of anilines is 1. The summed E-state index contributed by atoms with van der Waals surface area (Å²) in [4.78, 5) is -0.138. The lowest BCUT2D eigenvalue weighted by Gasteiger charge is -2.31. The first-order valence-electron chi connectivity index (χ1n) is 8.50. The molecule has 0 aromatic heterocycles. The van der Waals surface area contributed by atoms with E-state index in [1.807, 2.05) is 0 Å². The normalized spacial score (nSPS) is 12.7. The van der Waals surface area contributed by atoms with E-state index in [0.29, 0.717) is 15.0 Å². The van der Waals surface area contributed by atoms with Crippen LogP contribution in [0.15, 0.2) is 77.7 Å². The lowest BCUT2D eigenvalue weighted by atomic mass is 10.1. The molecule has 0 heterocycles. The van der Waals surface area contributed by atoms with Crippen LogP contribution in [0.4, 0.5) is 14.5 Å². The minimum Gasteiger partial charge on any atom is -0.394 e. The van der Waals surface area contributed by atoms with Gasteiger partial charge in [-0.15, -0.1) is 4.41 Å². The molecule has 3 aromatic carbocycles. The van der Waals surface area contributed by atoms with Crippen LogP contribution in [0.3, 0.4) is 0 Å². The average molecular weight is 439 g/mol. The number of hydrogen-bond acceptors (Lipinski definition) is 4. The van der Waals surface area contributed by atoms with Crippen LogP contribution in [0.2, 0.25) is 5.02 Å². The van der Waals surface area contributed by atoms with E-state index in [1.54, 1.807) is 30.3 Å². The molecule has 0 radical (unpaired) electrons. The molecule has 9 heteroatoms. The maximum absolute atomic E-state index is 14.2. The van der Waals surface area contributed by atoms with Crippen molar-refractivity contribution in [3.63, 3.8) is 0 Å². The zero-order valence-electron chi connectivity index (χ0n) is 15.0. The first-order chi connectivity index (χ1) is 13.8. The van der Waals surface area contributed by atoms with Crippen molar-refractivity contribution in [3.05, 3.63) is 95.0 Å². The van der Waals surface area contributed by atoms with Crippen molar-refractivity contribution < 1.29 is 22.3 Å². The quantitative estimate of drug-likeness (QED) is 0.537. The fraction of sp³-hybridized carbons (Fsp3) is 0.100. The van der Waals surface area contributed by atoms with Gasteiger partial charge in [-0.2, -0.15) is 0 Å². The Kier molecular flexibility index (Phi) is 6.49. The Morgan fingerprint density at radius 1 is 1.00 bits per heavy atom. The molecule has 3 aromatic rings. The summed E-state index contributed by atoms with van der Waals surface area (Å²) in [5, 5.41) is 10.3. The van der Waals surface area contributed by atoms with Crippen LogP contribution in [0.25, 0.3) is 0 Å². The highest BCUT2D eigenvalue weighted by atomic mass is 35.5. The maximum atomic E-state index is 14.2. The lowest BCUT2D eigenvalue weighted by molar-refractivity contribution is 0.202.